The third-order valence-electron chi connectivity index (χ3n) is 2.44. The summed E-state index contributed by atoms with van der Waals surface area (Å²) in [6, 6.07) is 7.53. The number of nitrogens with one attached hydrogen (secondary N) is 1. The zero-order valence-electron chi connectivity index (χ0n) is 10.5. The quantitative estimate of drug-likeness (QED) is 0.841. The minimum Gasteiger partial charge on any atom is -0.396 e. The highest BCUT2D eigenvalue weighted by atomic mass is 79.9. The van der Waals surface area contributed by atoms with Gasteiger partial charge < -0.3 is 10.4 Å². The van der Waals surface area contributed by atoms with Gasteiger partial charge in [-0.05, 0) is 46.7 Å². The predicted octanol–water partition coefficient (Wildman–Crippen LogP) is 3.14. The van der Waals surface area contributed by atoms with Crippen LogP contribution < -0.4 is 5.32 Å². The van der Waals surface area contributed by atoms with Gasteiger partial charge in [0, 0.05) is 11.1 Å². The number of rotatable bonds is 6. The molecule has 0 heterocycles. The SMILES string of the molecule is CC(CO)CSC(C)C(=O)Nc1ccccc1Br. The molecule has 1 amide bonds. The Morgan fingerprint density at radius 1 is 1.44 bits per heavy atom. The standard InChI is InChI=1S/C13H18BrNO2S/c1-9(7-16)8-18-10(2)13(17)15-12-6-4-3-5-11(12)14/h3-6,9-10,16H,7-8H2,1-2H3,(H,15,17). The van der Waals surface area contributed by atoms with E-state index in [1.165, 1.54) is 0 Å². The lowest BCUT2D eigenvalue weighted by Crippen LogP contribution is -2.23. The number of halogens is 1. The second-order valence-electron chi connectivity index (χ2n) is 4.23. The normalized spacial score (nSPS) is 14.0. The number of para-hydroxylation sites is 1. The summed E-state index contributed by atoms with van der Waals surface area (Å²) in [6.45, 7) is 4.00. The molecule has 0 aliphatic rings. The van der Waals surface area contributed by atoms with E-state index in [-0.39, 0.29) is 23.7 Å². The van der Waals surface area contributed by atoms with Crippen molar-refractivity contribution >= 4 is 39.3 Å². The van der Waals surface area contributed by atoms with Crippen molar-refractivity contribution < 1.29 is 9.90 Å². The summed E-state index contributed by atoms with van der Waals surface area (Å²) in [7, 11) is 0. The zero-order chi connectivity index (χ0) is 13.5. The summed E-state index contributed by atoms with van der Waals surface area (Å²) in [4.78, 5) is 12.0. The summed E-state index contributed by atoms with van der Waals surface area (Å²) < 4.78 is 0.874. The van der Waals surface area contributed by atoms with Crippen LogP contribution in [0.1, 0.15) is 13.8 Å². The second-order valence-corrected chi connectivity index (χ2v) is 6.46. The van der Waals surface area contributed by atoms with Crippen molar-refractivity contribution in [2.75, 3.05) is 17.7 Å². The van der Waals surface area contributed by atoms with Crippen LogP contribution in [0.5, 0.6) is 0 Å². The molecule has 1 rings (SSSR count). The van der Waals surface area contributed by atoms with Crippen LogP contribution in [-0.2, 0) is 4.79 Å². The number of aliphatic hydroxyl groups is 1. The number of hydrogen-bond acceptors (Lipinski definition) is 3. The molecule has 18 heavy (non-hydrogen) atoms. The Kier molecular flexibility index (Phi) is 6.75. The Morgan fingerprint density at radius 3 is 2.72 bits per heavy atom. The number of thioether (sulfide) groups is 1. The molecule has 2 unspecified atom stereocenters. The first-order chi connectivity index (χ1) is 8.54. The van der Waals surface area contributed by atoms with Crippen LogP contribution in [0, 0.1) is 5.92 Å². The monoisotopic (exact) mass is 331 g/mol. The molecule has 2 atom stereocenters. The molecule has 1 aromatic rings. The molecule has 0 spiro atoms. The van der Waals surface area contributed by atoms with Gasteiger partial charge in [0.1, 0.15) is 0 Å². The number of amides is 1. The lowest BCUT2D eigenvalue weighted by atomic mass is 10.2. The van der Waals surface area contributed by atoms with E-state index in [0.29, 0.717) is 0 Å². The topological polar surface area (TPSA) is 49.3 Å². The zero-order valence-corrected chi connectivity index (χ0v) is 12.9. The van der Waals surface area contributed by atoms with Crippen LogP contribution in [0.15, 0.2) is 28.7 Å². The van der Waals surface area contributed by atoms with Crippen LogP contribution in [0.4, 0.5) is 5.69 Å². The predicted molar refractivity (Wildman–Crippen MR) is 80.9 cm³/mol. The molecule has 100 valence electrons. The van der Waals surface area contributed by atoms with Gasteiger partial charge in [0.05, 0.1) is 10.9 Å². The van der Waals surface area contributed by atoms with E-state index >= 15 is 0 Å². The van der Waals surface area contributed by atoms with E-state index in [2.05, 4.69) is 21.2 Å². The van der Waals surface area contributed by atoms with Gasteiger partial charge in [-0.2, -0.15) is 0 Å². The van der Waals surface area contributed by atoms with Crippen LogP contribution >= 0.6 is 27.7 Å². The molecule has 0 aliphatic heterocycles. The number of hydrogen-bond donors (Lipinski definition) is 2. The maximum Gasteiger partial charge on any atom is 0.237 e. The first-order valence-electron chi connectivity index (χ1n) is 5.82. The minimum absolute atomic E-state index is 0.0166. The fourth-order valence-electron chi connectivity index (χ4n) is 1.23. The largest absolute Gasteiger partial charge is 0.396 e. The Balaban J connectivity index is 2.48. The maximum absolute atomic E-state index is 12.0. The van der Waals surface area contributed by atoms with Crippen molar-refractivity contribution in [3.05, 3.63) is 28.7 Å². The van der Waals surface area contributed by atoms with Gasteiger partial charge in [0.15, 0.2) is 0 Å². The third-order valence-corrected chi connectivity index (χ3v) is 4.61. The maximum atomic E-state index is 12.0. The number of benzene rings is 1. The van der Waals surface area contributed by atoms with Gasteiger partial charge in [0.2, 0.25) is 5.91 Å². The Morgan fingerprint density at radius 2 is 2.11 bits per heavy atom. The van der Waals surface area contributed by atoms with E-state index in [1.54, 1.807) is 11.8 Å². The Labute approximate surface area is 120 Å². The van der Waals surface area contributed by atoms with Crippen LogP contribution in [0.2, 0.25) is 0 Å². The molecule has 3 nitrogen and oxygen atoms in total. The molecule has 5 heteroatoms. The lowest BCUT2D eigenvalue weighted by molar-refractivity contribution is -0.115. The minimum atomic E-state index is -0.133. The van der Waals surface area contributed by atoms with Crippen molar-refractivity contribution in [3.63, 3.8) is 0 Å². The fraction of sp³-hybridized carbons (Fsp3) is 0.462. The van der Waals surface area contributed by atoms with E-state index < -0.39 is 0 Å². The molecular formula is C13H18BrNO2S. The molecule has 0 fully saturated rings. The summed E-state index contributed by atoms with van der Waals surface area (Å²) in [6.07, 6.45) is 0. The first kappa shape index (κ1) is 15.5. The van der Waals surface area contributed by atoms with Crippen molar-refractivity contribution in [2.45, 2.75) is 19.1 Å². The summed E-state index contributed by atoms with van der Waals surface area (Å²) in [5.74, 6) is 0.979. The molecule has 1 aromatic carbocycles. The highest BCUT2D eigenvalue weighted by molar-refractivity contribution is 9.10. The average Bonchev–Trinajstić information content (AvgIpc) is 2.38. The molecular weight excluding hydrogens is 314 g/mol. The second kappa shape index (κ2) is 7.81. The van der Waals surface area contributed by atoms with E-state index in [9.17, 15) is 4.79 Å². The highest BCUT2D eigenvalue weighted by Gasteiger charge is 2.15. The summed E-state index contributed by atoms with van der Waals surface area (Å²) >= 11 is 4.95. The Hall–Kier alpha value is -0.520. The molecule has 0 saturated carbocycles. The molecule has 0 radical (unpaired) electrons. The molecule has 0 aliphatic carbocycles. The molecule has 0 saturated heterocycles. The van der Waals surface area contributed by atoms with Gasteiger partial charge in [-0.15, -0.1) is 11.8 Å². The van der Waals surface area contributed by atoms with Gasteiger partial charge in [-0.1, -0.05) is 19.1 Å². The van der Waals surface area contributed by atoms with E-state index in [1.807, 2.05) is 38.1 Å². The first-order valence-corrected chi connectivity index (χ1v) is 7.66. The van der Waals surface area contributed by atoms with Gasteiger partial charge in [-0.3, -0.25) is 4.79 Å². The molecule has 0 aromatic heterocycles. The molecule has 0 bridgehead atoms. The van der Waals surface area contributed by atoms with Crippen molar-refractivity contribution in [2.24, 2.45) is 5.92 Å². The fourth-order valence-corrected chi connectivity index (χ4v) is 2.55. The lowest BCUT2D eigenvalue weighted by Gasteiger charge is -2.14. The third kappa shape index (κ3) is 5.00. The van der Waals surface area contributed by atoms with Gasteiger partial charge >= 0.3 is 0 Å². The van der Waals surface area contributed by atoms with E-state index in [4.69, 9.17) is 5.11 Å². The average molecular weight is 332 g/mol. The van der Waals surface area contributed by atoms with Gasteiger partial charge in [-0.25, -0.2) is 0 Å². The smallest absolute Gasteiger partial charge is 0.237 e. The molecule has 2 N–H and O–H groups in total. The summed E-state index contributed by atoms with van der Waals surface area (Å²) in [5.41, 5.74) is 0.783. The number of carbonyl (C=O) groups excluding carboxylic acids is 1. The summed E-state index contributed by atoms with van der Waals surface area (Å²) in [5, 5.41) is 11.7. The van der Waals surface area contributed by atoms with Crippen LogP contribution in [0.25, 0.3) is 0 Å². The van der Waals surface area contributed by atoms with E-state index in [0.717, 1.165) is 15.9 Å². The van der Waals surface area contributed by atoms with Crippen molar-refractivity contribution in [1.29, 1.82) is 0 Å². The van der Waals surface area contributed by atoms with Gasteiger partial charge in [0.25, 0.3) is 0 Å². The Bertz CT molecular complexity index is 400. The highest BCUT2D eigenvalue weighted by Crippen LogP contribution is 2.23. The van der Waals surface area contributed by atoms with Crippen molar-refractivity contribution in [3.8, 4) is 0 Å². The number of aliphatic hydroxyl groups excluding tert-OH is 1. The van der Waals surface area contributed by atoms with Crippen LogP contribution in [0.3, 0.4) is 0 Å². The number of carbonyl (C=O) groups is 1. The number of anilines is 1. The van der Waals surface area contributed by atoms with Crippen molar-refractivity contribution in [1.82, 2.24) is 0 Å². The van der Waals surface area contributed by atoms with Crippen LogP contribution in [-0.4, -0.2) is 28.6 Å².